The van der Waals surface area contributed by atoms with Gasteiger partial charge in [0.15, 0.2) is 15.8 Å². The molecule has 0 N–H and O–H groups in total. The molecule has 24 heavy (non-hydrogen) atoms. The molecule has 0 spiro atoms. The summed E-state index contributed by atoms with van der Waals surface area (Å²) in [4.78, 5) is 14.6. The highest BCUT2D eigenvalue weighted by Gasteiger charge is 2.33. The summed E-state index contributed by atoms with van der Waals surface area (Å²) < 4.78 is 24.3. The molecular weight excluding hydrogens is 349 g/mol. The van der Waals surface area contributed by atoms with Crippen LogP contribution in [0.4, 0.5) is 10.1 Å². The molecule has 1 fully saturated rings. The van der Waals surface area contributed by atoms with Gasteiger partial charge in [0.1, 0.15) is 5.82 Å². The molecule has 1 saturated heterocycles. The molecule has 0 unspecified atom stereocenters. The van der Waals surface area contributed by atoms with Gasteiger partial charge in [0, 0.05) is 5.56 Å². The third-order valence-corrected chi connectivity index (χ3v) is 4.89. The van der Waals surface area contributed by atoms with Crippen molar-refractivity contribution in [2.24, 2.45) is 0 Å². The first-order valence-corrected chi connectivity index (χ1v) is 8.28. The Labute approximate surface area is 146 Å². The van der Waals surface area contributed by atoms with Crippen molar-refractivity contribution in [3.63, 3.8) is 0 Å². The van der Waals surface area contributed by atoms with Crippen LogP contribution >= 0.6 is 24.0 Å². The monoisotopic (exact) mass is 359 g/mol. The van der Waals surface area contributed by atoms with Crippen LogP contribution in [0, 0.1) is 5.82 Å². The lowest BCUT2D eigenvalue weighted by Crippen LogP contribution is -2.27. The Kier molecular flexibility index (Phi) is 3.74. The second-order valence-corrected chi connectivity index (χ2v) is 6.75. The zero-order chi connectivity index (χ0) is 16.7. The molecule has 120 valence electrons. The lowest BCUT2D eigenvalue weighted by molar-refractivity contribution is -0.113. The average molecular weight is 359 g/mol. The topological polar surface area (TPSA) is 38.8 Å². The minimum absolute atomic E-state index is 0.163. The lowest BCUT2D eigenvalue weighted by atomic mass is 10.1. The van der Waals surface area contributed by atoms with Crippen molar-refractivity contribution in [2.75, 3.05) is 11.7 Å². The van der Waals surface area contributed by atoms with Gasteiger partial charge in [-0.05, 0) is 36.4 Å². The zero-order valence-electron chi connectivity index (χ0n) is 12.2. The first kappa shape index (κ1) is 15.2. The number of ether oxygens (including phenoxy) is 2. The highest BCUT2D eigenvalue weighted by molar-refractivity contribution is 8.27. The number of para-hydroxylation sites is 1. The fraction of sp³-hybridized carbons (Fsp3) is 0.0588. The molecule has 0 aromatic heterocycles. The number of hydrogen-bond donors (Lipinski definition) is 0. The first-order valence-electron chi connectivity index (χ1n) is 7.05. The summed E-state index contributed by atoms with van der Waals surface area (Å²) in [6, 6.07) is 11.1. The molecule has 0 bridgehead atoms. The number of amides is 1. The van der Waals surface area contributed by atoms with Crippen LogP contribution in [0.25, 0.3) is 6.08 Å². The lowest BCUT2D eigenvalue weighted by Gasteiger charge is -2.14. The van der Waals surface area contributed by atoms with Gasteiger partial charge in [-0.1, -0.05) is 36.1 Å². The smallest absolute Gasteiger partial charge is 0.270 e. The zero-order valence-corrected chi connectivity index (χ0v) is 13.8. The van der Waals surface area contributed by atoms with E-state index in [2.05, 4.69) is 0 Å². The highest BCUT2D eigenvalue weighted by Crippen LogP contribution is 2.40. The number of carbonyl (C=O) groups is 1. The normalized spacial score (nSPS) is 17.9. The van der Waals surface area contributed by atoms with Crippen molar-refractivity contribution < 1.29 is 18.7 Å². The molecule has 4 nitrogen and oxygen atoms in total. The number of rotatable bonds is 2. The fourth-order valence-electron chi connectivity index (χ4n) is 2.49. The average Bonchev–Trinajstić information content (AvgIpc) is 3.15. The maximum Gasteiger partial charge on any atom is 0.270 e. The van der Waals surface area contributed by atoms with E-state index in [-0.39, 0.29) is 18.5 Å². The highest BCUT2D eigenvalue weighted by atomic mass is 32.2. The summed E-state index contributed by atoms with van der Waals surface area (Å²) in [5, 5.41) is 0. The summed E-state index contributed by atoms with van der Waals surface area (Å²) in [6.45, 7) is 0.163. The van der Waals surface area contributed by atoms with Gasteiger partial charge in [-0.15, -0.1) is 0 Å². The third-order valence-electron chi connectivity index (χ3n) is 3.59. The van der Waals surface area contributed by atoms with Gasteiger partial charge in [0.25, 0.3) is 5.91 Å². The van der Waals surface area contributed by atoms with E-state index in [1.165, 1.54) is 40.9 Å². The number of anilines is 1. The molecule has 0 aliphatic carbocycles. The van der Waals surface area contributed by atoms with E-state index >= 15 is 0 Å². The minimum atomic E-state index is -0.364. The van der Waals surface area contributed by atoms with Crippen LogP contribution in [0.15, 0.2) is 47.4 Å². The first-order chi connectivity index (χ1) is 11.6. The van der Waals surface area contributed by atoms with Crippen LogP contribution in [0.5, 0.6) is 11.5 Å². The Morgan fingerprint density at radius 1 is 1.17 bits per heavy atom. The summed E-state index contributed by atoms with van der Waals surface area (Å²) in [6.07, 6.45) is 1.73. The number of thioether (sulfide) groups is 1. The fourth-order valence-corrected chi connectivity index (χ4v) is 3.78. The largest absolute Gasteiger partial charge is 0.454 e. The maximum absolute atomic E-state index is 13.1. The van der Waals surface area contributed by atoms with Crippen molar-refractivity contribution in [1.29, 1.82) is 0 Å². The Hall–Kier alpha value is -2.38. The number of benzene rings is 2. The Morgan fingerprint density at radius 2 is 1.96 bits per heavy atom. The maximum atomic E-state index is 13.1. The number of carbonyl (C=O) groups excluding carboxylic acids is 1. The molecule has 2 aromatic rings. The van der Waals surface area contributed by atoms with Gasteiger partial charge in [-0.3, -0.25) is 9.69 Å². The van der Waals surface area contributed by atoms with Gasteiger partial charge >= 0.3 is 0 Å². The van der Waals surface area contributed by atoms with Gasteiger partial charge in [0.05, 0.1) is 10.6 Å². The predicted molar refractivity (Wildman–Crippen MR) is 94.6 cm³/mol. The van der Waals surface area contributed by atoms with E-state index in [9.17, 15) is 9.18 Å². The van der Waals surface area contributed by atoms with Gasteiger partial charge in [-0.2, -0.15) is 0 Å². The van der Waals surface area contributed by atoms with Crippen LogP contribution in [0.2, 0.25) is 0 Å². The van der Waals surface area contributed by atoms with Crippen LogP contribution in [-0.2, 0) is 4.79 Å². The standard InChI is InChI=1S/C17H10FNO3S2/c18-11-4-6-12(7-5-11)19-16(20)14(24-17(19)23)8-10-2-1-3-13-15(10)22-9-21-13/h1-8H,9H2/b14-8-. The number of nitrogens with zero attached hydrogens (tertiary/aromatic N) is 1. The second kappa shape index (κ2) is 5.92. The summed E-state index contributed by atoms with van der Waals surface area (Å²) in [5.74, 6) is 0.659. The molecule has 2 aliphatic rings. The Balaban J connectivity index is 1.69. The third kappa shape index (κ3) is 2.55. The van der Waals surface area contributed by atoms with Crippen molar-refractivity contribution in [2.45, 2.75) is 0 Å². The minimum Gasteiger partial charge on any atom is -0.454 e. The summed E-state index contributed by atoms with van der Waals surface area (Å²) >= 11 is 6.50. The van der Waals surface area contributed by atoms with E-state index in [1.54, 1.807) is 6.08 Å². The van der Waals surface area contributed by atoms with E-state index in [0.29, 0.717) is 26.4 Å². The van der Waals surface area contributed by atoms with Crippen molar-refractivity contribution in [3.8, 4) is 11.5 Å². The molecular formula is C17H10FNO3S2. The van der Waals surface area contributed by atoms with E-state index < -0.39 is 0 Å². The molecule has 0 saturated carbocycles. The van der Waals surface area contributed by atoms with E-state index in [1.807, 2.05) is 18.2 Å². The molecule has 4 rings (SSSR count). The van der Waals surface area contributed by atoms with Crippen LogP contribution < -0.4 is 14.4 Å². The molecule has 2 aromatic carbocycles. The molecule has 2 heterocycles. The van der Waals surface area contributed by atoms with Crippen LogP contribution in [0.3, 0.4) is 0 Å². The predicted octanol–water partition coefficient (Wildman–Crippen LogP) is 3.96. The van der Waals surface area contributed by atoms with Crippen molar-refractivity contribution in [3.05, 3.63) is 58.8 Å². The summed E-state index contributed by atoms with van der Waals surface area (Å²) in [7, 11) is 0. The quantitative estimate of drug-likeness (QED) is 0.599. The van der Waals surface area contributed by atoms with Crippen molar-refractivity contribution in [1.82, 2.24) is 0 Å². The Morgan fingerprint density at radius 3 is 2.75 bits per heavy atom. The number of thiocarbonyl (C=S) groups is 1. The molecule has 1 amide bonds. The van der Waals surface area contributed by atoms with Crippen LogP contribution in [-0.4, -0.2) is 17.0 Å². The number of fused-ring (bicyclic) bond motifs is 1. The van der Waals surface area contributed by atoms with Crippen LogP contribution in [0.1, 0.15) is 5.56 Å². The molecule has 0 radical (unpaired) electrons. The second-order valence-electron chi connectivity index (χ2n) is 5.07. The van der Waals surface area contributed by atoms with Crippen molar-refractivity contribution >= 4 is 46.0 Å². The number of hydrogen-bond acceptors (Lipinski definition) is 5. The van der Waals surface area contributed by atoms with E-state index in [4.69, 9.17) is 21.7 Å². The van der Waals surface area contributed by atoms with Gasteiger partial charge in [-0.25, -0.2) is 4.39 Å². The van der Waals surface area contributed by atoms with Gasteiger partial charge in [0.2, 0.25) is 6.79 Å². The van der Waals surface area contributed by atoms with Gasteiger partial charge < -0.3 is 9.47 Å². The molecule has 2 aliphatic heterocycles. The molecule has 7 heteroatoms. The summed E-state index contributed by atoms with van der Waals surface area (Å²) in [5.41, 5.74) is 1.30. The Bertz CT molecular complexity index is 880. The molecule has 0 atom stereocenters. The SMILES string of the molecule is O=C1/C(=C/c2cccc3c2OCO3)SC(=S)N1c1ccc(F)cc1. The van der Waals surface area contributed by atoms with E-state index in [0.717, 1.165) is 5.56 Å². The number of halogens is 1.